The van der Waals surface area contributed by atoms with E-state index in [0.717, 1.165) is 12.8 Å². The second kappa shape index (κ2) is 6.06. The van der Waals surface area contributed by atoms with Crippen LogP contribution in [-0.2, 0) is 4.79 Å². The molecule has 2 amide bonds. The summed E-state index contributed by atoms with van der Waals surface area (Å²) in [7, 11) is 0. The minimum Gasteiger partial charge on any atom is -0.353 e. The molecule has 19 heavy (non-hydrogen) atoms. The number of nitrogens with one attached hydrogen (secondary N) is 1. The Morgan fingerprint density at radius 3 is 2.32 bits per heavy atom. The Hall–Kier alpha value is -1.55. The van der Waals surface area contributed by atoms with E-state index in [1.165, 1.54) is 6.92 Å². The van der Waals surface area contributed by atoms with E-state index in [-0.39, 0.29) is 17.9 Å². The number of likely N-dealkylation sites (tertiary alicyclic amines) is 1. The molecular formula is C14H17ClN2O2. The molecule has 0 atom stereocenters. The van der Waals surface area contributed by atoms with E-state index < -0.39 is 0 Å². The topological polar surface area (TPSA) is 49.4 Å². The lowest BCUT2D eigenvalue weighted by atomic mass is 10.0. The molecular weight excluding hydrogens is 264 g/mol. The van der Waals surface area contributed by atoms with Crippen molar-refractivity contribution in [3.8, 4) is 0 Å². The molecule has 1 aliphatic heterocycles. The van der Waals surface area contributed by atoms with Crippen molar-refractivity contribution >= 4 is 23.4 Å². The van der Waals surface area contributed by atoms with Crippen molar-refractivity contribution in [2.75, 3.05) is 13.1 Å². The molecule has 102 valence electrons. The van der Waals surface area contributed by atoms with Gasteiger partial charge in [0, 0.05) is 36.6 Å². The Kier molecular flexibility index (Phi) is 4.43. The minimum atomic E-state index is -0.0116. The summed E-state index contributed by atoms with van der Waals surface area (Å²) in [5.41, 5.74) is 0.655. The maximum atomic E-state index is 12.2. The molecule has 1 aliphatic rings. The second-order valence-corrected chi connectivity index (χ2v) is 5.21. The lowest BCUT2D eigenvalue weighted by Crippen LogP contribution is -2.46. The number of carbonyl (C=O) groups is 2. The van der Waals surface area contributed by atoms with Gasteiger partial charge in [-0.1, -0.05) is 11.6 Å². The number of amides is 2. The van der Waals surface area contributed by atoms with E-state index in [0.29, 0.717) is 23.7 Å². The van der Waals surface area contributed by atoms with Gasteiger partial charge in [-0.2, -0.15) is 0 Å². The zero-order valence-corrected chi connectivity index (χ0v) is 11.6. The molecule has 4 nitrogen and oxygen atoms in total. The smallest absolute Gasteiger partial charge is 0.253 e. The van der Waals surface area contributed by atoms with Gasteiger partial charge in [0.1, 0.15) is 0 Å². The van der Waals surface area contributed by atoms with Crippen LogP contribution in [0, 0.1) is 0 Å². The lowest BCUT2D eigenvalue weighted by Gasteiger charge is -2.32. The number of hydrogen-bond donors (Lipinski definition) is 1. The van der Waals surface area contributed by atoms with E-state index in [1.54, 1.807) is 24.3 Å². The first kappa shape index (κ1) is 13.9. The van der Waals surface area contributed by atoms with Gasteiger partial charge in [-0.25, -0.2) is 0 Å². The Morgan fingerprint density at radius 1 is 1.21 bits per heavy atom. The van der Waals surface area contributed by atoms with Crippen LogP contribution in [0.5, 0.6) is 0 Å². The summed E-state index contributed by atoms with van der Waals surface area (Å²) < 4.78 is 0. The summed E-state index contributed by atoms with van der Waals surface area (Å²) in [6, 6.07) is 7.11. The fourth-order valence-corrected chi connectivity index (χ4v) is 2.42. The third-order valence-corrected chi connectivity index (χ3v) is 3.53. The molecule has 1 saturated heterocycles. The average Bonchev–Trinajstić information content (AvgIpc) is 2.39. The highest BCUT2D eigenvalue weighted by atomic mass is 35.5. The summed E-state index contributed by atoms with van der Waals surface area (Å²) in [4.78, 5) is 25.0. The van der Waals surface area contributed by atoms with Crippen molar-refractivity contribution in [1.29, 1.82) is 0 Å². The number of piperidine rings is 1. The number of halogens is 1. The minimum absolute atomic E-state index is 0.0116. The van der Waals surface area contributed by atoms with Crippen molar-refractivity contribution in [3.05, 3.63) is 34.9 Å². The summed E-state index contributed by atoms with van der Waals surface area (Å²) >= 11 is 5.80. The van der Waals surface area contributed by atoms with Gasteiger partial charge in [0.2, 0.25) is 5.91 Å². The predicted octanol–water partition coefficient (Wildman–Crippen LogP) is 2.08. The molecule has 1 aromatic rings. The summed E-state index contributed by atoms with van der Waals surface area (Å²) in [5.74, 6) is 0.0143. The lowest BCUT2D eigenvalue weighted by molar-refractivity contribution is -0.119. The molecule has 2 rings (SSSR count). The quantitative estimate of drug-likeness (QED) is 0.902. The number of nitrogens with zero attached hydrogens (tertiary/aromatic N) is 1. The van der Waals surface area contributed by atoms with Gasteiger partial charge in [-0.15, -0.1) is 0 Å². The van der Waals surface area contributed by atoms with Crippen molar-refractivity contribution in [3.63, 3.8) is 0 Å². The molecule has 0 radical (unpaired) electrons. The first-order chi connectivity index (χ1) is 9.06. The van der Waals surface area contributed by atoms with E-state index in [9.17, 15) is 9.59 Å². The van der Waals surface area contributed by atoms with Gasteiger partial charge in [0.25, 0.3) is 5.91 Å². The van der Waals surface area contributed by atoms with Gasteiger partial charge in [-0.3, -0.25) is 9.59 Å². The Bertz CT molecular complexity index is 465. The normalized spacial score (nSPS) is 16.2. The maximum absolute atomic E-state index is 12.2. The molecule has 1 N–H and O–H groups in total. The van der Waals surface area contributed by atoms with Crippen LogP contribution in [0.1, 0.15) is 30.1 Å². The van der Waals surface area contributed by atoms with E-state index in [1.807, 2.05) is 4.90 Å². The zero-order valence-electron chi connectivity index (χ0n) is 10.9. The monoisotopic (exact) mass is 280 g/mol. The van der Waals surface area contributed by atoms with Crippen LogP contribution in [0.25, 0.3) is 0 Å². The molecule has 0 aromatic heterocycles. The van der Waals surface area contributed by atoms with Crippen molar-refractivity contribution in [1.82, 2.24) is 10.2 Å². The van der Waals surface area contributed by atoms with Gasteiger partial charge >= 0.3 is 0 Å². The molecule has 0 saturated carbocycles. The second-order valence-electron chi connectivity index (χ2n) is 4.77. The SMILES string of the molecule is CC(=O)NC1CCN(C(=O)c2ccc(Cl)cc2)CC1. The van der Waals surface area contributed by atoms with E-state index in [2.05, 4.69) is 5.32 Å². The number of hydrogen-bond acceptors (Lipinski definition) is 2. The van der Waals surface area contributed by atoms with Crippen LogP contribution in [0.4, 0.5) is 0 Å². The highest BCUT2D eigenvalue weighted by Gasteiger charge is 2.23. The number of carbonyl (C=O) groups excluding carboxylic acids is 2. The van der Waals surface area contributed by atoms with E-state index >= 15 is 0 Å². The van der Waals surface area contributed by atoms with Crippen LogP contribution in [0.3, 0.4) is 0 Å². The maximum Gasteiger partial charge on any atom is 0.253 e. The van der Waals surface area contributed by atoms with E-state index in [4.69, 9.17) is 11.6 Å². The molecule has 1 aromatic carbocycles. The highest BCUT2D eigenvalue weighted by molar-refractivity contribution is 6.30. The van der Waals surface area contributed by atoms with Crippen molar-refractivity contribution < 1.29 is 9.59 Å². The van der Waals surface area contributed by atoms with Crippen LogP contribution < -0.4 is 5.32 Å². The van der Waals surface area contributed by atoms with Crippen molar-refractivity contribution in [2.24, 2.45) is 0 Å². The van der Waals surface area contributed by atoms with Crippen LogP contribution >= 0.6 is 11.6 Å². The predicted molar refractivity (Wildman–Crippen MR) is 74.2 cm³/mol. The Morgan fingerprint density at radius 2 is 1.79 bits per heavy atom. The standard InChI is InChI=1S/C14H17ClN2O2/c1-10(18)16-13-6-8-17(9-7-13)14(19)11-2-4-12(15)5-3-11/h2-5,13H,6-9H2,1H3,(H,16,18). The van der Waals surface area contributed by atoms with Crippen LogP contribution in [-0.4, -0.2) is 35.8 Å². The molecule has 1 fully saturated rings. The number of benzene rings is 1. The molecule has 5 heteroatoms. The number of rotatable bonds is 2. The highest BCUT2D eigenvalue weighted by Crippen LogP contribution is 2.16. The third kappa shape index (κ3) is 3.70. The molecule has 0 aliphatic carbocycles. The summed E-state index contributed by atoms with van der Waals surface area (Å²) in [6.07, 6.45) is 1.61. The first-order valence-corrected chi connectivity index (χ1v) is 6.76. The molecule has 0 unspecified atom stereocenters. The fraction of sp³-hybridized carbons (Fsp3) is 0.429. The van der Waals surface area contributed by atoms with Crippen LogP contribution in [0.2, 0.25) is 5.02 Å². The first-order valence-electron chi connectivity index (χ1n) is 6.38. The summed E-state index contributed by atoms with van der Waals surface area (Å²) in [5, 5.41) is 3.52. The molecule has 0 bridgehead atoms. The van der Waals surface area contributed by atoms with Gasteiger partial charge in [0.05, 0.1) is 0 Å². The van der Waals surface area contributed by atoms with Crippen LogP contribution in [0.15, 0.2) is 24.3 Å². The van der Waals surface area contributed by atoms with Crippen molar-refractivity contribution in [2.45, 2.75) is 25.8 Å². The third-order valence-electron chi connectivity index (χ3n) is 3.28. The Balaban J connectivity index is 1.92. The largest absolute Gasteiger partial charge is 0.353 e. The molecule has 0 spiro atoms. The van der Waals surface area contributed by atoms with Gasteiger partial charge in [0.15, 0.2) is 0 Å². The zero-order chi connectivity index (χ0) is 13.8. The average molecular weight is 281 g/mol. The van der Waals surface area contributed by atoms with Gasteiger partial charge in [-0.05, 0) is 37.1 Å². The Labute approximate surface area is 117 Å². The summed E-state index contributed by atoms with van der Waals surface area (Å²) in [6.45, 7) is 2.87. The molecule has 1 heterocycles. The fourth-order valence-electron chi connectivity index (χ4n) is 2.29. The van der Waals surface area contributed by atoms with Gasteiger partial charge < -0.3 is 10.2 Å².